The fraction of sp³-hybridized carbons (Fsp3) is 0.583. The van der Waals surface area contributed by atoms with Gasteiger partial charge in [-0.15, -0.1) is 0 Å². The number of carbonyl (C=O) groups is 1. The average molecular weight is 340 g/mol. The van der Waals surface area contributed by atoms with Crippen LogP contribution in [0.15, 0.2) is 21.2 Å². The van der Waals surface area contributed by atoms with E-state index < -0.39 is 24.0 Å². The molecule has 3 nitrogen and oxygen atoms in total. The van der Waals surface area contributed by atoms with Crippen LogP contribution in [0.25, 0.3) is 0 Å². The van der Waals surface area contributed by atoms with Crippen LogP contribution in [0.5, 0.6) is 0 Å². The van der Waals surface area contributed by atoms with Crippen molar-refractivity contribution in [3.8, 4) is 0 Å². The molecule has 1 aliphatic rings. The molecule has 1 heterocycles. The van der Waals surface area contributed by atoms with Crippen LogP contribution < -0.4 is 5.32 Å². The summed E-state index contributed by atoms with van der Waals surface area (Å²) in [7, 11) is 0. The van der Waals surface area contributed by atoms with Gasteiger partial charge in [0.1, 0.15) is 0 Å². The standard InChI is InChI=1S/C12H13BrF3NO2/c13-10-5-4-9(19-10)11(18)17-8-3-1-2-7(6-8)12(14,15)16/h4-5,7-8H,1-3,6H2,(H,17,18). The smallest absolute Gasteiger partial charge is 0.391 e. The van der Waals surface area contributed by atoms with Crippen molar-refractivity contribution in [1.82, 2.24) is 5.32 Å². The summed E-state index contributed by atoms with van der Waals surface area (Å²) in [6, 6.07) is 2.59. The second-order valence-corrected chi connectivity index (χ2v) is 5.46. The molecule has 106 valence electrons. The Labute approximate surface area is 116 Å². The molecule has 2 unspecified atom stereocenters. The van der Waals surface area contributed by atoms with Gasteiger partial charge in [-0.25, -0.2) is 0 Å². The summed E-state index contributed by atoms with van der Waals surface area (Å²) in [6.07, 6.45) is -3.06. The number of nitrogens with one attached hydrogen (secondary N) is 1. The lowest BCUT2D eigenvalue weighted by Crippen LogP contribution is -2.41. The topological polar surface area (TPSA) is 42.2 Å². The van der Waals surface area contributed by atoms with Crippen molar-refractivity contribution in [3.63, 3.8) is 0 Å². The Bertz CT molecular complexity index is 458. The number of carbonyl (C=O) groups excluding carboxylic acids is 1. The van der Waals surface area contributed by atoms with E-state index in [2.05, 4.69) is 21.2 Å². The first kappa shape index (κ1) is 14.4. The third kappa shape index (κ3) is 3.75. The second kappa shape index (κ2) is 5.56. The first-order valence-electron chi connectivity index (χ1n) is 5.99. The van der Waals surface area contributed by atoms with E-state index >= 15 is 0 Å². The van der Waals surface area contributed by atoms with Crippen LogP contribution in [-0.2, 0) is 0 Å². The summed E-state index contributed by atoms with van der Waals surface area (Å²) in [5.74, 6) is -1.70. The van der Waals surface area contributed by atoms with Crippen molar-refractivity contribution in [2.45, 2.75) is 37.9 Å². The Balaban J connectivity index is 1.94. The molecule has 0 aliphatic heterocycles. The fourth-order valence-electron chi connectivity index (χ4n) is 2.31. The Hall–Kier alpha value is -0.980. The maximum atomic E-state index is 12.6. The van der Waals surface area contributed by atoms with Crippen LogP contribution in [0, 0.1) is 5.92 Å². The van der Waals surface area contributed by atoms with Crippen molar-refractivity contribution < 1.29 is 22.4 Å². The van der Waals surface area contributed by atoms with Crippen molar-refractivity contribution >= 4 is 21.8 Å². The van der Waals surface area contributed by atoms with Gasteiger partial charge in [0.2, 0.25) is 0 Å². The minimum atomic E-state index is -4.18. The van der Waals surface area contributed by atoms with Crippen LogP contribution in [0.4, 0.5) is 13.2 Å². The van der Waals surface area contributed by atoms with E-state index in [0.717, 1.165) is 0 Å². The van der Waals surface area contributed by atoms with E-state index in [0.29, 0.717) is 17.5 Å². The van der Waals surface area contributed by atoms with Crippen LogP contribution in [0.3, 0.4) is 0 Å². The lowest BCUT2D eigenvalue weighted by atomic mass is 9.85. The molecule has 1 aromatic rings. The third-order valence-electron chi connectivity index (χ3n) is 3.27. The molecule has 1 N–H and O–H groups in total. The maximum Gasteiger partial charge on any atom is 0.391 e. The minimum absolute atomic E-state index is 0.0584. The molecular weight excluding hydrogens is 327 g/mol. The van der Waals surface area contributed by atoms with E-state index in [4.69, 9.17) is 4.42 Å². The predicted molar refractivity (Wildman–Crippen MR) is 65.7 cm³/mol. The number of hydrogen-bond acceptors (Lipinski definition) is 2. The highest BCUT2D eigenvalue weighted by atomic mass is 79.9. The van der Waals surface area contributed by atoms with Crippen LogP contribution in [-0.4, -0.2) is 18.1 Å². The zero-order valence-corrected chi connectivity index (χ0v) is 11.6. The number of furan rings is 1. The van der Waals surface area contributed by atoms with Crippen LogP contribution in [0.1, 0.15) is 36.2 Å². The van der Waals surface area contributed by atoms with Crippen LogP contribution in [0.2, 0.25) is 0 Å². The quantitative estimate of drug-likeness (QED) is 0.887. The van der Waals surface area contributed by atoms with Gasteiger partial charge in [0.25, 0.3) is 5.91 Å². The molecule has 1 aromatic heterocycles. The van der Waals surface area contributed by atoms with E-state index in [1.165, 1.54) is 6.07 Å². The molecule has 7 heteroatoms. The fourth-order valence-corrected chi connectivity index (χ4v) is 2.62. The monoisotopic (exact) mass is 339 g/mol. The molecule has 0 spiro atoms. The van der Waals surface area contributed by atoms with Crippen molar-refractivity contribution in [2.75, 3.05) is 0 Å². The lowest BCUT2D eigenvalue weighted by molar-refractivity contribution is -0.183. The number of hydrogen-bond donors (Lipinski definition) is 1. The van der Waals surface area contributed by atoms with Gasteiger partial charge < -0.3 is 9.73 Å². The van der Waals surface area contributed by atoms with Gasteiger partial charge in [-0.1, -0.05) is 6.42 Å². The zero-order chi connectivity index (χ0) is 14.0. The van der Waals surface area contributed by atoms with Gasteiger partial charge in [0, 0.05) is 6.04 Å². The zero-order valence-electron chi connectivity index (χ0n) is 9.97. The largest absolute Gasteiger partial charge is 0.444 e. The first-order valence-corrected chi connectivity index (χ1v) is 6.78. The maximum absolute atomic E-state index is 12.6. The Morgan fingerprint density at radius 1 is 1.37 bits per heavy atom. The molecular formula is C12H13BrF3NO2. The second-order valence-electron chi connectivity index (χ2n) is 4.68. The molecule has 0 radical (unpaired) electrons. The van der Waals surface area contributed by atoms with Crippen LogP contribution >= 0.6 is 15.9 Å². The molecule has 19 heavy (non-hydrogen) atoms. The van der Waals surface area contributed by atoms with E-state index in [1.807, 2.05) is 0 Å². The first-order chi connectivity index (χ1) is 8.86. The lowest BCUT2D eigenvalue weighted by Gasteiger charge is -2.30. The molecule has 1 amide bonds. The number of rotatable bonds is 2. The summed E-state index contributed by atoms with van der Waals surface area (Å²) in [5.41, 5.74) is 0. The summed E-state index contributed by atoms with van der Waals surface area (Å²) in [4.78, 5) is 11.8. The number of alkyl halides is 3. The van der Waals surface area contributed by atoms with Gasteiger partial charge >= 0.3 is 6.18 Å². The SMILES string of the molecule is O=C(NC1CCCC(C(F)(F)F)C1)c1ccc(Br)o1. The highest BCUT2D eigenvalue weighted by Gasteiger charge is 2.42. The van der Waals surface area contributed by atoms with Crippen molar-refractivity contribution in [3.05, 3.63) is 22.6 Å². The molecule has 0 bridgehead atoms. The minimum Gasteiger partial charge on any atom is -0.444 e. The van der Waals surface area contributed by atoms with Crippen molar-refractivity contribution in [1.29, 1.82) is 0 Å². The highest BCUT2D eigenvalue weighted by Crippen LogP contribution is 2.37. The predicted octanol–water partition coefficient (Wildman–Crippen LogP) is 3.89. The number of amides is 1. The van der Waals surface area contributed by atoms with Gasteiger partial charge in [0.05, 0.1) is 5.92 Å². The Morgan fingerprint density at radius 2 is 2.11 bits per heavy atom. The summed E-state index contributed by atoms with van der Waals surface area (Å²) in [6.45, 7) is 0. The summed E-state index contributed by atoms with van der Waals surface area (Å²) < 4.78 is 43.4. The Morgan fingerprint density at radius 3 is 2.68 bits per heavy atom. The van der Waals surface area contributed by atoms with Gasteiger partial charge in [0.15, 0.2) is 10.4 Å². The van der Waals surface area contributed by atoms with E-state index in [1.54, 1.807) is 6.07 Å². The molecule has 2 atom stereocenters. The third-order valence-corrected chi connectivity index (χ3v) is 3.70. The van der Waals surface area contributed by atoms with E-state index in [-0.39, 0.29) is 18.6 Å². The highest BCUT2D eigenvalue weighted by molar-refractivity contribution is 9.10. The molecule has 0 saturated heterocycles. The number of halogens is 4. The average Bonchev–Trinajstić information content (AvgIpc) is 2.75. The normalized spacial score (nSPS) is 24.2. The molecule has 1 aliphatic carbocycles. The van der Waals surface area contributed by atoms with Gasteiger partial charge in [-0.2, -0.15) is 13.2 Å². The van der Waals surface area contributed by atoms with E-state index in [9.17, 15) is 18.0 Å². The molecule has 2 rings (SSSR count). The summed E-state index contributed by atoms with van der Waals surface area (Å²) in [5, 5.41) is 2.60. The Kier molecular flexibility index (Phi) is 4.23. The van der Waals surface area contributed by atoms with Gasteiger partial charge in [-0.3, -0.25) is 4.79 Å². The summed E-state index contributed by atoms with van der Waals surface area (Å²) >= 11 is 3.07. The molecule has 1 fully saturated rings. The molecule has 1 saturated carbocycles. The molecule has 0 aromatic carbocycles. The van der Waals surface area contributed by atoms with Gasteiger partial charge in [-0.05, 0) is 47.3 Å². The van der Waals surface area contributed by atoms with Crippen molar-refractivity contribution in [2.24, 2.45) is 5.92 Å².